The average molecular weight is 362 g/mol. The molecule has 1 heterocycles. The van der Waals surface area contributed by atoms with Gasteiger partial charge in [0, 0.05) is 13.0 Å². The van der Waals surface area contributed by atoms with Gasteiger partial charge in [-0.15, -0.1) is 0 Å². The lowest BCUT2D eigenvalue weighted by molar-refractivity contribution is -0.123. The molecule has 1 atom stereocenters. The second kappa shape index (κ2) is 5.73. The Bertz CT molecular complexity index is 629. The molecule has 0 bridgehead atoms. The highest BCUT2D eigenvalue weighted by Gasteiger charge is 2.37. The van der Waals surface area contributed by atoms with Crippen molar-refractivity contribution in [2.45, 2.75) is 24.7 Å². The zero-order valence-corrected chi connectivity index (χ0v) is 13.7. The van der Waals surface area contributed by atoms with Crippen molar-refractivity contribution in [1.29, 1.82) is 0 Å². The number of halogens is 1. The number of sulfonamides is 1. The van der Waals surface area contributed by atoms with Crippen molar-refractivity contribution >= 4 is 31.9 Å². The summed E-state index contributed by atoms with van der Waals surface area (Å²) < 4.78 is 31.6. The van der Waals surface area contributed by atoms with E-state index in [2.05, 4.69) is 15.9 Å². The molecule has 1 aliphatic rings. The molecular weight excluding hydrogens is 346 g/mol. The van der Waals surface area contributed by atoms with Crippen molar-refractivity contribution in [3.8, 4) is 5.75 Å². The molecule has 5 nitrogen and oxygen atoms in total. The van der Waals surface area contributed by atoms with Crippen LogP contribution in [0.2, 0.25) is 0 Å². The normalized spacial score (nSPS) is 19.4. The highest BCUT2D eigenvalue weighted by Crippen LogP contribution is 2.31. The van der Waals surface area contributed by atoms with E-state index >= 15 is 0 Å². The maximum atomic E-state index is 12.5. The lowest BCUT2D eigenvalue weighted by atomic mass is 10.1. The molecule has 1 fully saturated rings. The molecule has 0 N–H and O–H groups in total. The Morgan fingerprint density at radius 1 is 1.45 bits per heavy atom. The Morgan fingerprint density at radius 2 is 2.15 bits per heavy atom. The standard InChI is InChI=1S/C13H16BrNO4S/c1-3-9-6-13(16)15(8-9)20(17,18)10-4-5-12(19-2)11(14)7-10/h4-5,7,9H,3,6,8H2,1-2H3. The first-order valence-electron chi connectivity index (χ1n) is 6.29. The van der Waals surface area contributed by atoms with E-state index in [1.807, 2.05) is 6.92 Å². The van der Waals surface area contributed by atoms with Crippen LogP contribution in [0.15, 0.2) is 27.6 Å². The smallest absolute Gasteiger partial charge is 0.266 e. The molecule has 0 aliphatic carbocycles. The number of methoxy groups -OCH3 is 1. The molecule has 0 radical (unpaired) electrons. The van der Waals surface area contributed by atoms with E-state index in [4.69, 9.17) is 4.74 Å². The Hall–Kier alpha value is -1.08. The Morgan fingerprint density at radius 3 is 2.65 bits per heavy atom. The predicted octanol–water partition coefficient (Wildman–Crippen LogP) is 2.40. The fourth-order valence-electron chi connectivity index (χ4n) is 2.19. The number of nitrogens with zero attached hydrogens (tertiary/aromatic N) is 1. The van der Waals surface area contributed by atoms with E-state index in [0.717, 1.165) is 10.7 Å². The maximum absolute atomic E-state index is 12.5. The van der Waals surface area contributed by atoms with Crippen LogP contribution in [-0.2, 0) is 14.8 Å². The van der Waals surface area contributed by atoms with E-state index < -0.39 is 10.0 Å². The highest BCUT2D eigenvalue weighted by atomic mass is 79.9. The summed E-state index contributed by atoms with van der Waals surface area (Å²) in [5, 5.41) is 0. The van der Waals surface area contributed by atoms with E-state index in [1.54, 1.807) is 6.07 Å². The third kappa shape index (κ3) is 2.69. The summed E-state index contributed by atoms with van der Waals surface area (Å²) in [5.74, 6) is 0.325. The van der Waals surface area contributed by atoms with Crippen LogP contribution < -0.4 is 4.74 Å². The predicted molar refractivity (Wildman–Crippen MR) is 78.0 cm³/mol. The van der Waals surface area contributed by atoms with E-state index in [0.29, 0.717) is 16.6 Å². The second-order valence-corrected chi connectivity index (χ2v) is 7.42. The van der Waals surface area contributed by atoms with Crippen LogP contribution in [0.5, 0.6) is 5.75 Å². The van der Waals surface area contributed by atoms with Crippen molar-refractivity contribution in [2.24, 2.45) is 5.92 Å². The average Bonchev–Trinajstić information content (AvgIpc) is 2.80. The third-order valence-corrected chi connectivity index (χ3v) is 5.86. The van der Waals surface area contributed by atoms with Gasteiger partial charge in [0.25, 0.3) is 10.0 Å². The number of carbonyl (C=O) groups is 1. The summed E-state index contributed by atoms with van der Waals surface area (Å²) in [5.41, 5.74) is 0. The van der Waals surface area contributed by atoms with Gasteiger partial charge in [-0.3, -0.25) is 4.79 Å². The van der Waals surface area contributed by atoms with Gasteiger partial charge >= 0.3 is 0 Å². The van der Waals surface area contributed by atoms with Crippen molar-refractivity contribution < 1.29 is 17.9 Å². The highest BCUT2D eigenvalue weighted by molar-refractivity contribution is 9.10. The van der Waals surface area contributed by atoms with Crippen LogP contribution in [0.4, 0.5) is 0 Å². The molecule has 0 saturated carbocycles. The second-order valence-electron chi connectivity index (χ2n) is 4.70. The quantitative estimate of drug-likeness (QED) is 0.825. The third-order valence-electron chi connectivity index (χ3n) is 3.45. The first-order valence-corrected chi connectivity index (χ1v) is 8.52. The first-order chi connectivity index (χ1) is 9.40. The van der Waals surface area contributed by atoms with Gasteiger partial charge in [-0.1, -0.05) is 13.3 Å². The molecule has 110 valence electrons. The van der Waals surface area contributed by atoms with Gasteiger partial charge < -0.3 is 4.74 Å². The summed E-state index contributed by atoms with van der Waals surface area (Å²) in [6, 6.07) is 4.47. The molecule has 1 aromatic carbocycles. The molecule has 1 aliphatic heterocycles. The summed E-state index contributed by atoms with van der Waals surface area (Å²) in [6.07, 6.45) is 1.09. The molecule has 1 unspecified atom stereocenters. The fourth-order valence-corrected chi connectivity index (χ4v) is 4.39. The zero-order valence-electron chi connectivity index (χ0n) is 11.3. The number of carbonyl (C=O) groups excluding carboxylic acids is 1. The van der Waals surface area contributed by atoms with Crippen LogP contribution in [0, 0.1) is 5.92 Å². The number of hydrogen-bond acceptors (Lipinski definition) is 4. The summed E-state index contributed by atoms with van der Waals surface area (Å²) in [7, 11) is -2.28. The van der Waals surface area contributed by atoms with Gasteiger partial charge in [0.15, 0.2) is 0 Å². The summed E-state index contributed by atoms with van der Waals surface area (Å²) >= 11 is 3.26. The van der Waals surface area contributed by atoms with E-state index in [1.165, 1.54) is 19.2 Å². The maximum Gasteiger partial charge on any atom is 0.266 e. The van der Waals surface area contributed by atoms with E-state index in [-0.39, 0.29) is 23.3 Å². The fraction of sp³-hybridized carbons (Fsp3) is 0.462. The van der Waals surface area contributed by atoms with Crippen molar-refractivity contribution in [1.82, 2.24) is 4.31 Å². The largest absolute Gasteiger partial charge is 0.496 e. The minimum Gasteiger partial charge on any atom is -0.496 e. The van der Waals surface area contributed by atoms with Gasteiger partial charge in [0.1, 0.15) is 5.75 Å². The number of ether oxygens (including phenoxy) is 1. The number of hydrogen-bond donors (Lipinski definition) is 0. The van der Waals surface area contributed by atoms with Crippen molar-refractivity contribution in [3.05, 3.63) is 22.7 Å². The molecule has 0 spiro atoms. The van der Waals surface area contributed by atoms with Crippen LogP contribution >= 0.6 is 15.9 Å². The van der Waals surface area contributed by atoms with E-state index in [9.17, 15) is 13.2 Å². The zero-order chi connectivity index (χ0) is 14.9. The first kappa shape index (κ1) is 15.3. The SMILES string of the molecule is CCC1CC(=O)N(S(=O)(=O)c2ccc(OC)c(Br)c2)C1. The summed E-state index contributed by atoms with van der Waals surface area (Å²) in [6.45, 7) is 2.22. The van der Waals surface area contributed by atoms with Crippen molar-refractivity contribution in [2.75, 3.05) is 13.7 Å². The molecule has 1 amide bonds. The molecule has 7 heteroatoms. The minimum atomic E-state index is -3.78. The monoisotopic (exact) mass is 361 g/mol. The van der Waals surface area contributed by atoms with Gasteiger partial charge in [-0.2, -0.15) is 0 Å². The lowest BCUT2D eigenvalue weighted by Crippen LogP contribution is -2.32. The van der Waals surface area contributed by atoms with Gasteiger partial charge in [-0.05, 0) is 40.0 Å². The van der Waals surface area contributed by atoms with Crippen LogP contribution in [0.25, 0.3) is 0 Å². The Labute approximate surface area is 127 Å². The Balaban J connectivity index is 2.36. The topological polar surface area (TPSA) is 63.7 Å². The molecular formula is C13H16BrNO4S. The van der Waals surface area contributed by atoms with Crippen LogP contribution in [0.1, 0.15) is 19.8 Å². The number of amides is 1. The lowest BCUT2D eigenvalue weighted by Gasteiger charge is -2.17. The molecule has 20 heavy (non-hydrogen) atoms. The molecule has 0 aromatic heterocycles. The summed E-state index contributed by atoms with van der Waals surface area (Å²) in [4.78, 5) is 12.0. The van der Waals surface area contributed by atoms with Gasteiger partial charge in [0.2, 0.25) is 5.91 Å². The number of rotatable bonds is 4. The van der Waals surface area contributed by atoms with Gasteiger partial charge in [0.05, 0.1) is 16.5 Å². The van der Waals surface area contributed by atoms with Crippen LogP contribution in [0.3, 0.4) is 0 Å². The Kier molecular flexibility index (Phi) is 4.39. The van der Waals surface area contributed by atoms with Crippen molar-refractivity contribution in [3.63, 3.8) is 0 Å². The molecule has 2 rings (SSSR count). The number of benzene rings is 1. The van der Waals surface area contributed by atoms with Gasteiger partial charge in [-0.25, -0.2) is 12.7 Å². The molecule has 1 aromatic rings. The molecule has 1 saturated heterocycles. The minimum absolute atomic E-state index is 0.0929. The van der Waals surface area contributed by atoms with Crippen LogP contribution in [-0.4, -0.2) is 32.3 Å².